The number of carbonyl (C=O) groups is 1. The largest absolute Gasteiger partial charge is 0.386 e. The van der Waals surface area contributed by atoms with Gasteiger partial charge in [-0.3, -0.25) is 4.79 Å². The SMILES string of the molecule is O=C(NC[C@@H](O)c1cccs1)c1ccc(F)c(F)c1. The summed E-state index contributed by atoms with van der Waals surface area (Å²) in [5.41, 5.74) is 0.0114. The summed E-state index contributed by atoms with van der Waals surface area (Å²) in [6, 6.07) is 6.44. The number of thiophene rings is 1. The molecule has 1 aromatic heterocycles. The van der Waals surface area contributed by atoms with E-state index in [1.54, 1.807) is 12.1 Å². The molecule has 0 unspecified atom stereocenters. The highest BCUT2D eigenvalue weighted by Gasteiger charge is 2.13. The zero-order valence-corrected chi connectivity index (χ0v) is 10.6. The molecule has 0 aliphatic heterocycles. The Morgan fingerprint density at radius 1 is 1.32 bits per heavy atom. The average molecular weight is 283 g/mol. The normalized spacial score (nSPS) is 12.2. The van der Waals surface area contributed by atoms with Gasteiger partial charge in [-0.1, -0.05) is 6.07 Å². The number of rotatable bonds is 4. The molecule has 0 saturated heterocycles. The molecule has 1 aromatic carbocycles. The molecule has 2 N–H and O–H groups in total. The molecule has 0 fully saturated rings. The van der Waals surface area contributed by atoms with Gasteiger partial charge in [0.25, 0.3) is 5.91 Å². The van der Waals surface area contributed by atoms with E-state index >= 15 is 0 Å². The number of amides is 1. The van der Waals surface area contributed by atoms with Gasteiger partial charge in [0, 0.05) is 17.0 Å². The third kappa shape index (κ3) is 3.36. The Labute approximate surface area is 112 Å². The Bertz CT molecular complexity index is 572. The van der Waals surface area contributed by atoms with Gasteiger partial charge >= 0.3 is 0 Å². The van der Waals surface area contributed by atoms with Crippen molar-refractivity contribution in [2.75, 3.05) is 6.54 Å². The van der Waals surface area contributed by atoms with Crippen LogP contribution in [0.4, 0.5) is 8.78 Å². The highest BCUT2D eigenvalue weighted by atomic mass is 32.1. The highest BCUT2D eigenvalue weighted by molar-refractivity contribution is 7.10. The molecular weight excluding hydrogens is 272 g/mol. The van der Waals surface area contributed by atoms with Crippen LogP contribution in [-0.4, -0.2) is 17.6 Å². The summed E-state index contributed by atoms with van der Waals surface area (Å²) in [7, 11) is 0. The minimum Gasteiger partial charge on any atom is -0.386 e. The van der Waals surface area contributed by atoms with E-state index in [4.69, 9.17) is 0 Å². The van der Waals surface area contributed by atoms with Gasteiger partial charge in [0.05, 0.1) is 0 Å². The van der Waals surface area contributed by atoms with Crippen LogP contribution < -0.4 is 5.32 Å². The van der Waals surface area contributed by atoms with Crippen LogP contribution in [-0.2, 0) is 0 Å². The molecule has 1 atom stereocenters. The number of aliphatic hydroxyl groups excluding tert-OH is 1. The monoisotopic (exact) mass is 283 g/mol. The number of benzene rings is 1. The molecule has 0 aliphatic rings. The van der Waals surface area contributed by atoms with Crippen LogP contribution in [0.3, 0.4) is 0 Å². The predicted octanol–water partition coefficient (Wildman–Crippen LogP) is 2.49. The molecule has 2 rings (SSSR count). The second-order valence-electron chi connectivity index (χ2n) is 3.87. The van der Waals surface area contributed by atoms with Crippen LogP contribution in [0.1, 0.15) is 21.3 Å². The van der Waals surface area contributed by atoms with Crippen molar-refractivity contribution in [1.29, 1.82) is 0 Å². The van der Waals surface area contributed by atoms with Crippen molar-refractivity contribution >= 4 is 17.2 Å². The molecule has 1 heterocycles. The Balaban J connectivity index is 1.96. The second-order valence-corrected chi connectivity index (χ2v) is 4.85. The number of hydrogen-bond acceptors (Lipinski definition) is 3. The van der Waals surface area contributed by atoms with Gasteiger partial charge in [0.1, 0.15) is 6.10 Å². The zero-order chi connectivity index (χ0) is 13.8. The molecule has 3 nitrogen and oxygen atoms in total. The van der Waals surface area contributed by atoms with Gasteiger partial charge in [-0.25, -0.2) is 8.78 Å². The molecule has 0 spiro atoms. The summed E-state index contributed by atoms with van der Waals surface area (Å²) in [4.78, 5) is 12.4. The first-order valence-electron chi connectivity index (χ1n) is 5.52. The maximum Gasteiger partial charge on any atom is 0.251 e. The lowest BCUT2D eigenvalue weighted by atomic mass is 10.2. The van der Waals surface area contributed by atoms with Crippen molar-refractivity contribution in [3.8, 4) is 0 Å². The first-order valence-corrected chi connectivity index (χ1v) is 6.40. The topological polar surface area (TPSA) is 49.3 Å². The molecule has 100 valence electrons. The Morgan fingerprint density at radius 3 is 2.74 bits per heavy atom. The quantitative estimate of drug-likeness (QED) is 0.905. The van der Waals surface area contributed by atoms with Gasteiger partial charge in [-0.2, -0.15) is 0 Å². The van der Waals surface area contributed by atoms with E-state index in [1.807, 2.05) is 5.38 Å². The number of carbonyl (C=O) groups excluding carboxylic acids is 1. The van der Waals surface area contributed by atoms with E-state index in [-0.39, 0.29) is 12.1 Å². The molecular formula is C13H11F2NO2S. The third-order valence-corrected chi connectivity index (χ3v) is 3.48. The highest BCUT2D eigenvalue weighted by Crippen LogP contribution is 2.18. The maximum absolute atomic E-state index is 13.0. The maximum atomic E-state index is 13.0. The van der Waals surface area contributed by atoms with Gasteiger partial charge in [-0.15, -0.1) is 11.3 Å². The molecule has 2 aromatic rings. The van der Waals surface area contributed by atoms with Crippen LogP contribution in [0, 0.1) is 11.6 Å². The van der Waals surface area contributed by atoms with Crippen molar-refractivity contribution in [3.63, 3.8) is 0 Å². The van der Waals surface area contributed by atoms with Crippen molar-refractivity contribution < 1.29 is 18.7 Å². The standard InChI is InChI=1S/C13H11F2NO2S/c14-9-4-3-8(6-10(9)15)13(18)16-7-11(17)12-2-1-5-19-12/h1-6,11,17H,7H2,(H,16,18)/t11-/m1/s1. The van der Waals surface area contributed by atoms with E-state index < -0.39 is 23.6 Å². The van der Waals surface area contributed by atoms with E-state index in [2.05, 4.69) is 5.32 Å². The Hall–Kier alpha value is -1.79. The van der Waals surface area contributed by atoms with Gasteiger partial charge in [0.15, 0.2) is 11.6 Å². The molecule has 19 heavy (non-hydrogen) atoms. The molecule has 0 radical (unpaired) electrons. The summed E-state index contributed by atoms with van der Waals surface area (Å²) < 4.78 is 25.7. The van der Waals surface area contributed by atoms with Crippen LogP contribution in [0.5, 0.6) is 0 Å². The predicted molar refractivity (Wildman–Crippen MR) is 68.0 cm³/mol. The second kappa shape index (κ2) is 5.90. The first-order chi connectivity index (χ1) is 9.08. The number of nitrogens with one attached hydrogen (secondary N) is 1. The van der Waals surface area contributed by atoms with Crippen LogP contribution in [0.25, 0.3) is 0 Å². The van der Waals surface area contributed by atoms with E-state index in [0.717, 1.165) is 17.0 Å². The Morgan fingerprint density at radius 2 is 2.11 bits per heavy atom. The molecule has 0 bridgehead atoms. The summed E-state index contributed by atoms with van der Waals surface area (Å²) in [6.07, 6.45) is -0.811. The average Bonchev–Trinajstić information content (AvgIpc) is 2.92. The molecule has 0 saturated carbocycles. The van der Waals surface area contributed by atoms with E-state index in [1.165, 1.54) is 17.4 Å². The van der Waals surface area contributed by atoms with E-state index in [9.17, 15) is 18.7 Å². The lowest BCUT2D eigenvalue weighted by molar-refractivity contribution is 0.0917. The van der Waals surface area contributed by atoms with Gasteiger partial charge in [-0.05, 0) is 29.6 Å². The lowest BCUT2D eigenvalue weighted by Gasteiger charge is -2.10. The molecule has 0 aliphatic carbocycles. The number of hydrogen-bond donors (Lipinski definition) is 2. The smallest absolute Gasteiger partial charge is 0.251 e. The van der Waals surface area contributed by atoms with Gasteiger partial charge < -0.3 is 10.4 Å². The van der Waals surface area contributed by atoms with Gasteiger partial charge in [0.2, 0.25) is 0 Å². The fraction of sp³-hybridized carbons (Fsp3) is 0.154. The number of halogens is 2. The van der Waals surface area contributed by atoms with Crippen LogP contribution >= 0.6 is 11.3 Å². The summed E-state index contributed by atoms with van der Waals surface area (Å²) in [5, 5.41) is 14.0. The van der Waals surface area contributed by atoms with Crippen molar-refractivity contribution in [2.45, 2.75) is 6.10 Å². The lowest BCUT2D eigenvalue weighted by Crippen LogP contribution is -2.28. The fourth-order valence-electron chi connectivity index (χ4n) is 1.51. The minimum atomic E-state index is -1.08. The van der Waals surface area contributed by atoms with Crippen LogP contribution in [0.15, 0.2) is 35.7 Å². The minimum absolute atomic E-state index is 0.0114. The zero-order valence-electron chi connectivity index (χ0n) is 9.77. The van der Waals surface area contributed by atoms with E-state index in [0.29, 0.717) is 0 Å². The summed E-state index contributed by atoms with van der Waals surface area (Å²) >= 11 is 1.37. The first kappa shape index (κ1) is 13.6. The van der Waals surface area contributed by atoms with Crippen molar-refractivity contribution in [3.05, 3.63) is 57.8 Å². The van der Waals surface area contributed by atoms with Crippen molar-refractivity contribution in [1.82, 2.24) is 5.32 Å². The fourth-order valence-corrected chi connectivity index (χ4v) is 2.22. The summed E-state index contributed by atoms with van der Waals surface area (Å²) in [5.74, 6) is -2.64. The summed E-state index contributed by atoms with van der Waals surface area (Å²) in [6.45, 7) is 0.0122. The van der Waals surface area contributed by atoms with Crippen molar-refractivity contribution in [2.24, 2.45) is 0 Å². The molecule has 6 heteroatoms. The van der Waals surface area contributed by atoms with Crippen LogP contribution in [0.2, 0.25) is 0 Å². The third-order valence-electron chi connectivity index (χ3n) is 2.51. The molecule has 1 amide bonds. The Kier molecular flexibility index (Phi) is 4.24. The number of aliphatic hydroxyl groups is 1.